The maximum absolute atomic E-state index is 15.7. The summed E-state index contributed by atoms with van der Waals surface area (Å²) >= 11 is 6.11. The van der Waals surface area contributed by atoms with Gasteiger partial charge in [0.25, 0.3) is 0 Å². The fourth-order valence-electron chi connectivity index (χ4n) is 4.75. The maximum Gasteiger partial charge on any atom is 0.142 e. The molecule has 1 aromatic carbocycles. The Morgan fingerprint density at radius 2 is 1.88 bits per heavy atom. The first-order chi connectivity index (χ1) is 12.1. The summed E-state index contributed by atoms with van der Waals surface area (Å²) in [6, 6.07) is 5.93. The first kappa shape index (κ1) is 19.0. The average Bonchev–Trinajstić information content (AvgIpc) is 2.63. The van der Waals surface area contributed by atoms with Crippen molar-refractivity contribution in [2.45, 2.75) is 70.0 Å². The van der Waals surface area contributed by atoms with Crippen LogP contribution in [0.25, 0.3) is 0 Å². The third-order valence-corrected chi connectivity index (χ3v) is 6.50. The number of rotatable bonds is 5. The van der Waals surface area contributed by atoms with Gasteiger partial charge in [0.1, 0.15) is 11.4 Å². The largest absolute Gasteiger partial charge is 0.496 e. The van der Waals surface area contributed by atoms with Crippen molar-refractivity contribution < 1.29 is 9.13 Å². The normalized spacial score (nSPS) is 27.2. The van der Waals surface area contributed by atoms with E-state index in [1.54, 1.807) is 25.3 Å². The van der Waals surface area contributed by atoms with Crippen LogP contribution in [0.5, 0.6) is 5.75 Å². The van der Waals surface area contributed by atoms with Crippen LogP contribution >= 0.6 is 11.6 Å². The van der Waals surface area contributed by atoms with E-state index in [1.807, 2.05) is 0 Å². The second-order valence-corrected chi connectivity index (χ2v) is 8.25. The van der Waals surface area contributed by atoms with Crippen molar-refractivity contribution in [3.05, 3.63) is 28.8 Å². The lowest BCUT2D eigenvalue weighted by Gasteiger charge is -2.43. The predicted octanol–water partition coefficient (Wildman–Crippen LogP) is 5.97. The van der Waals surface area contributed by atoms with Gasteiger partial charge >= 0.3 is 0 Å². The molecule has 2 fully saturated rings. The molecule has 1 heterocycles. The predicted molar refractivity (Wildman–Crippen MR) is 102 cm³/mol. The number of nitrogens with zero attached hydrogens (tertiary/aromatic N) is 1. The van der Waals surface area contributed by atoms with E-state index < -0.39 is 5.67 Å². The van der Waals surface area contributed by atoms with Crippen molar-refractivity contribution in [3.8, 4) is 5.75 Å². The van der Waals surface area contributed by atoms with Crippen molar-refractivity contribution in [3.63, 3.8) is 0 Å². The van der Waals surface area contributed by atoms with Gasteiger partial charge < -0.3 is 9.64 Å². The van der Waals surface area contributed by atoms with Gasteiger partial charge in [-0.25, -0.2) is 4.39 Å². The number of piperidine rings is 1. The summed E-state index contributed by atoms with van der Waals surface area (Å²) in [5, 5.41) is 0.574. The fourth-order valence-corrected chi connectivity index (χ4v) is 4.92. The molecule has 2 aliphatic rings. The van der Waals surface area contributed by atoms with Crippen LogP contribution in [-0.2, 0) is 5.67 Å². The molecule has 3 rings (SSSR count). The van der Waals surface area contributed by atoms with Crippen molar-refractivity contribution >= 4 is 11.6 Å². The smallest absolute Gasteiger partial charge is 0.142 e. The van der Waals surface area contributed by atoms with Gasteiger partial charge in [0.05, 0.1) is 7.11 Å². The summed E-state index contributed by atoms with van der Waals surface area (Å²) in [5.74, 6) is 1.53. The van der Waals surface area contributed by atoms with Crippen molar-refractivity contribution in [1.82, 2.24) is 4.90 Å². The molecule has 1 saturated carbocycles. The molecule has 0 spiro atoms. The molecule has 0 amide bonds. The Kier molecular flexibility index (Phi) is 6.27. The standard InChI is InChI=1S/C21H31ClFNO/c1-3-4-16-5-8-18(9-6-16)24-13-11-21(23,12-14-24)19-15-17(22)7-10-20(19)25-2/h7,10,15-16,18H,3-6,8-9,11-14H2,1-2H3. The van der Waals surface area contributed by atoms with Gasteiger partial charge in [-0.15, -0.1) is 0 Å². The second-order valence-electron chi connectivity index (χ2n) is 7.81. The summed E-state index contributed by atoms with van der Waals surface area (Å²) in [5.41, 5.74) is -0.708. The molecule has 0 aromatic heterocycles. The first-order valence-corrected chi connectivity index (χ1v) is 10.2. The molecular weight excluding hydrogens is 337 g/mol. The molecule has 0 bridgehead atoms. The molecule has 25 heavy (non-hydrogen) atoms. The van der Waals surface area contributed by atoms with Gasteiger partial charge in [0.2, 0.25) is 0 Å². The lowest BCUT2D eigenvalue weighted by Crippen LogP contribution is -2.46. The Hall–Kier alpha value is -0.800. The van der Waals surface area contributed by atoms with Crippen LogP contribution in [0.2, 0.25) is 5.02 Å². The van der Waals surface area contributed by atoms with Crippen LogP contribution in [0.1, 0.15) is 63.9 Å². The van der Waals surface area contributed by atoms with E-state index in [0.717, 1.165) is 19.0 Å². The van der Waals surface area contributed by atoms with Crippen LogP contribution in [-0.4, -0.2) is 31.1 Å². The molecule has 0 atom stereocenters. The van der Waals surface area contributed by atoms with Gasteiger partial charge in [-0.1, -0.05) is 31.4 Å². The molecule has 4 heteroatoms. The fraction of sp³-hybridized carbons (Fsp3) is 0.714. The lowest BCUT2D eigenvalue weighted by molar-refractivity contribution is 0.0212. The Bertz CT molecular complexity index is 563. The summed E-state index contributed by atoms with van der Waals surface area (Å²) < 4.78 is 21.1. The highest BCUT2D eigenvalue weighted by atomic mass is 35.5. The topological polar surface area (TPSA) is 12.5 Å². The van der Waals surface area contributed by atoms with Gasteiger partial charge in [-0.2, -0.15) is 0 Å². The van der Waals surface area contributed by atoms with E-state index in [0.29, 0.717) is 35.2 Å². The molecule has 1 saturated heterocycles. The molecule has 2 nitrogen and oxygen atoms in total. The van der Waals surface area contributed by atoms with Crippen LogP contribution < -0.4 is 4.74 Å². The van der Waals surface area contributed by atoms with Crippen LogP contribution in [0.3, 0.4) is 0 Å². The zero-order valence-corrected chi connectivity index (χ0v) is 16.3. The second kappa shape index (κ2) is 8.26. The summed E-state index contributed by atoms with van der Waals surface area (Å²) in [6.45, 7) is 3.94. The van der Waals surface area contributed by atoms with Crippen LogP contribution in [0.4, 0.5) is 4.39 Å². The van der Waals surface area contributed by atoms with Crippen LogP contribution in [0.15, 0.2) is 18.2 Å². The summed E-state index contributed by atoms with van der Waals surface area (Å²) in [6.07, 6.45) is 8.97. The van der Waals surface area contributed by atoms with Gasteiger partial charge in [-0.3, -0.25) is 0 Å². The van der Waals surface area contributed by atoms with Crippen molar-refractivity contribution in [2.24, 2.45) is 5.92 Å². The quantitative estimate of drug-likeness (QED) is 0.635. The molecule has 1 aromatic rings. The van der Waals surface area contributed by atoms with Gasteiger partial charge in [0.15, 0.2) is 0 Å². The highest BCUT2D eigenvalue weighted by molar-refractivity contribution is 6.30. The molecule has 1 aliphatic carbocycles. The minimum absolute atomic E-state index is 0.526. The average molecular weight is 368 g/mol. The molecule has 0 N–H and O–H groups in total. The molecular formula is C21H31ClFNO. The number of ether oxygens (including phenoxy) is 1. The molecule has 1 aliphatic heterocycles. The SMILES string of the molecule is CCCC1CCC(N2CCC(F)(c3cc(Cl)ccc3OC)CC2)CC1. The van der Waals surface area contributed by atoms with Crippen molar-refractivity contribution in [2.75, 3.05) is 20.2 Å². The molecule has 0 radical (unpaired) electrons. The Morgan fingerprint density at radius 3 is 2.48 bits per heavy atom. The van der Waals surface area contributed by atoms with Crippen molar-refractivity contribution in [1.29, 1.82) is 0 Å². The number of hydrogen-bond donors (Lipinski definition) is 0. The number of likely N-dealkylation sites (tertiary alicyclic amines) is 1. The van der Waals surface area contributed by atoms with Gasteiger partial charge in [0, 0.05) is 29.7 Å². The number of alkyl halides is 1. The van der Waals surface area contributed by atoms with Gasteiger partial charge in [-0.05, 0) is 62.6 Å². The van der Waals surface area contributed by atoms with E-state index >= 15 is 4.39 Å². The third kappa shape index (κ3) is 4.31. The Morgan fingerprint density at radius 1 is 1.20 bits per heavy atom. The number of benzene rings is 1. The first-order valence-electron chi connectivity index (χ1n) is 9.82. The van der Waals surface area contributed by atoms with E-state index in [9.17, 15) is 0 Å². The van der Waals surface area contributed by atoms with E-state index in [1.165, 1.54) is 38.5 Å². The van der Waals surface area contributed by atoms with E-state index in [-0.39, 0.29) is 0 Å². The zero-order chi connectivity index (χ0) is 17.9. The van der Waals surface area contributed by atoms with Crippen LogP contribution in [0, 0.1) is 5.92 Å². The molecule has 0 unspecified atom stereocenters. The Balaban J connectivity index is 1.61. The highest BCUT2D eigenvalue weighted by Crippen LogP contribution is 2.43. The van der Waals surface area contributed by atoms with E-state index in [2.05, 4.69) is 11.8 Å². The summed E-state index contributed by atoms with van der Waals surface area (Å²) in [4.78, 5) is 2.52. The summed E-state index contributed by atoms with van der Waals surface area (Å²) in [7, 11) is 1.60. The lowest BCUT2D eigenvalue weighted by atomic mass is 9.80. The number of halogens is 2. The number of hydrogen-bond acceptors (Lipinski definition) is 2. The highest BCUT2D eigenvalue weighted by Gasteiger charge is 2.40. The monoisotopic (exact) mass is 367 g/mol. The van der Waals surface area contributed by atoms with E-state index in [4.69, 9.17) is 16.3 Å². The Labute approximate surface area is 156 Å². The maximum atomic E-state index is 15.7. The molecule has 140 valence electrons. The minimum atomic E-state index is -1.33. The minimum Gasteiger partial charge on any atom is -0.496 e. The zero-order valence-electron chi connectivity index (χ0n) is 15.6. The number of methoxy groups -OCH3 is 1. The third-order valence-electron chi connectivity index (χ3n) is 6.26.